The summed E-state index contributed by atoms with van der Waals surface area (Å²) in [5, 5.41) is 0. The van der Waals surface area contributed by atoms with Crippen molar-refractivity contribution in [1.82, 2.24) is 9.88 Å². The fourth-order valence-corrected chi connectivity index (χ4v) is 2.28. The van der Waals surface area contributed by atoms with Crippen LogP contribution in [0.2, 0.25) is 0 Å². The number of nitrogens with zero attached hydrogens (tertiary/aromatic N) is 2. The van der Waals surface area contributed by atoms with Crippen molar-refractivity contribution in [3.8, 4) is 0 Å². The molecule has 0 aliphatic heterocycles. The Balaban J connectivity index is 2.77. The smallest absolute Gasteiger partial charge is 0.227 e. The van der Waals surface area contributed by atoms with E-state index in [-0.39, 0.29) is 11.8 Å². The third kappa shape index (κ3) is 6.23. The summed E-state index contributed by atoms with van der Waals surface area (Å²) in [6.45, 7) is 6.15. The van der Waals surface area contributed by atoms with Gasteiger partial charge in [0.25, 0.3) is 0 Å². The second-order valence-corrected chi connectivity index (χ2v) is 5.64. The molecule has 21 heavy (non-hydrogen) atoms. The second-order valence-electron chi connectivity index (χ2n) is 5.64. The van der Waals surface area contributed by atoms with E-state index in [9.17, 15) is 4.79 Å². The average Bonchev–Trinajstić information content (AvgIpc) is 2.49. The van der Waals surface area contributed by atoms with Gasteiger partial charge in [-0.05, 0) is 24.5 Å². The lowest BCUT2D eigenvalue weighted by Crippen LogP contribution is -2.41. The summed E-state index contributed by atoms with van der Waals surface area (Å²) >= 11 is 0. The van der Waals surface area contributed by atoms with Crippen molar-refractivity contribution in [3.05, 3.63) is 30.1 Å². The van der Waals surface area contributed by atoms with Crippen LogP contribution in [0.25, 0.3) is 0 Å². The van der Waals surface area contributed by atoms with E-state index >= 15 is 0 Å². The van der Waals surface area contributed by atoms with Crippen LogP contribution in [-0.2, 0) is 16.1 Å². The van der Waals surface area contributed by atoms with Gasteiger partial charge in [0.05, 0.1) is 24.8 Å². The summed E-state index contributed by atoms with van der Waals surface area (Å²) in [4.78, 5) is 18.8. The van der Waals surface area contributed by atoms with Gasteiger partial charge in [-0.2, -0.15) is 0 Å². The molecule has 1 rings (SSSR count). The first kappa shape index (κ1) is 17.6. The standard InChI is InChI=1S/C16H27N3O2/c1-13(2)10-14(11-17)16(20)19(8-9-21-3)12-15-6-4-5-7-18-15/h4-7,13-14H,8-12,17H2,1-3H3. The van der Waals surface area contributed by atoms with Gasteiger partial charge in [-0.25, -0.2) is 0 Å². The monoisotopic (exact) mass is 293 g/mol. The Kier molecular flexibility index (Phi) is 7.93. The Hall–Kier alpha value is -1.46. The molecule has 5 nitrogen and oxygen atoms in total. The molecular weight excluding hydrogens is 266 g/mol. The fourth-order valence-electron chi connectivity index (χ4n) is 2.28. The quantitative estimate of drug-likeness (QED) is 0.752. The number of methoxy groups -OCH3 is 1. The lowest BCUT2D eigenvalue weighted by Gasteiger charge is -2.27. The molecule has 1 aromatic rings. The number of hydrogen-bond donors (Lipinski definition) is 1. The van der Waals surface area contributed by atoms with Gasteiger partial charge in [-0.3, -0.25) is 9.78 Å². The number of ether oxygens (including phenoxy) is 1. The Morgan fingerprint density at radius 3 is 2.71 bits per heavy atom. The predicted octanol–water partition coefficient (Wildman–Crippen LogP) is 1.68. The zero-order chi connectivity index (χ0) is 15.7. The second kappa shape index (κ2) is 9.47. The minimum absolute atomic E-state index is 0.0916. The Morgan fingerprint density at radius 1 is 1.43 bits per heavy atom. The van der Waals surface area contributed by atoms with Crippen molar-refractivity contribution in [1.29, 1.82) is 0 Å². The largest absolute Gasteiger partial charge is 0.383 e. The fraction of sp³-hybridized carbons (Fsp3) is 0.625. The number of hydrogen-bond acceptors (Lipinski definition) is 4. The van der Waals surface area contributed by atoms with Gasteiger partial charge in [0.1, 0.15) is 0 Å². The van der Waals surface area contributed by atoms with E-state index in [4.69, 9.17) is 10.5 Å². The summed E-state index contributed by atoms with van der Waals surface area (Å²) in [5.41, 5.74) is 6.66. The maximum absolute atomic E-state index is 12.7. The molecule has 118 valence electrons. The highest BCUT2D eigenvalue weighted by Crippen LogP contribution is 2.15. The van der Waals surface area contributed by atoms with Crippen LogP contribution in [0.5, 0.6) is 0 Å². The maximum Gasteiger partial charge on any atom is 0.227 e. The molecule has 0 saturated heterocycles. The number of carbonyl (C=O) groups is 1. The number of aromatic nitrogens is 1. The van der Waals surface area contributed by atoms with Crippen LogP contribution in [0.3, 0.4) is 0 Å². The third-order valence-electron chi connectivity index (χ3n) is 3.35. The molecule has 2 N–H and O–H groups in total. The molecule has 1 aromatic heterocycles. The van der Waals surface area contributed by atoms with Crippen LogP contribution < -0.4 is 5.73 Å². The highest BCUT2D eigenvalue weighted by atomic mass is 16.5. The van der Waals surface area contributed by atoms with Gasteiger partial charge < -0.3 is 15.4 Å². The van der Waals surface area contributed by atoms with Gasteiger partial charge in [-0.1, -0.05) is 19.9 Å². The van der Waals surface area contributed by atoms with Crippen LogP contribution in [0.4, 0.5) is 0 Å². The van der Waals surface area contributed by atoms with Gasteiger partial charge in [-0.15, -0.1) is 0 Å². The molecule has 1 atom stereocenters. The summed E-state index contributed by atoms with van der Waals surface area (Å²) < 4.78 is 5.11. The molecule has 0 fully saturated rings. The summed E-state index contributed by atoms with van der Waals surface area (Å²) in [7, 11) is 1.64. The van der Waals surface area contributed by atoms with E-state index in [1.54, 1.807) is 18.2 Å². The molecule has 1 amide bonds. The van der Waals surface area contributed by atoms with E-state index < -0.39 is 0 Å². The highest BCUT2D eigenvalue weighted by Gasteiger charge is 2.24. The normalized spacial score (nSPS) is 12.4. The maximum atomic E-state index is 12.7. The highest BCUT2D eigenvalue weighted by molar-refractivity contribution is 5.79. The minimum Gasteiger partial charge on any atom is -0.383 e. The third-order valence-corrected chi connectivity index (χ3v) is 3.35. The summed E-state index contributed by atoms with van der Waals surface area (Å²) in [5.74, 6) is 0.404. The van der Waals surface area contributed by atoms with Crippen molar-refractivity contribution < 1.29 is 9.53 Å². The van der Waals surface area contributed by atoms with Gasteiger partial charge >= 0.3 is 0 Å². The first-order valence-electron chi connectivity index (χ1n) is 7.46. The predicted molar refractivity (Wildman–Crippen MR) is 83.5 cm³/mol. The van der Waals surface area contributed by atoms with Crippen molar-refractivity contribution in [2.75, 3.05) is 26.8 Å². The molecule has 0 aliphatic carbocycles. The van der Waals surface area contributed by atoms with Crippen molar-refractivity contribution in [2.24, 2.45) is 17.6 Å². The number of carbonyl (C=O) groups excluding carboxylic acids is 1. The van der Waals surface area contributed by atoms with Crippen LogP contribution in [0.15, 0.2) is 24.4 Å². The first-order valence-corrected chi connectivity index (χ1v) is 7.46. The van der Waals surface area contributed by atoms with E-state index in [1.165, 1.54) is 0 Å². The SMILES string of the molecule is COCCN(Cc1ccccn1)C(=O)C(CN)CC(C)C. The van der Waals surface area contributed by atoms with E-state index in [2.05, 4.69) is 18.8 Å². The molecule has 0 bridgehead atoms. The lowest BCUT2D eigenvalue weighted by atomic mass is 9.95. The topological polar surface area (TPSA) is 68.5 Å². The van der Waals surface area contributed by atoms with Crippen molar-refractivity contribution in [2.45, 2.75) is 26.8 Å². The number of nitrogens with two attached hydrogens (primary N) is 1. The Labute approximate surface area is 127 Å². The van der Waals surface area contributed by atoms with Crippen molar-refractivity contribution >= 4 is 5.91 Å². The zero-order valence-electron chi connectivity index (χ0n) is 13.3. The zero-order valence-corrected chi connectivity index (χ0v) is 13.3. The minimum atomic E-state index is -0.134. The van der Waals surface area contributed by atoms with Crippen LogP contribution in [-0.4, -0.2) is 42.6 Å². The molecule has 0 saturated carbocycles. The lowest BCUT2D eigenvalue weighted by molar-refractivity contribution is -0.137. The van der Waals surface area contributed by atoms with E-state index in [1.807, 2.05) is 18.2 Å². The average molecular weight is 293 g/mol. The molecule has 1 heterocycles. The van der Waals surface area contributed by atoms with E-state index in [0.29, 0.717) is 32.2 Å². The van der Waals surface area contributed by atoms with Crippen molar-refractivity contribution in [3.63, 3.8) is 0 Å². The Bertz CT molecular complexity index is 409. The van der Waals surface area contributed by atoms with Crippen LogP contribution in [0, 0.1) is 11.8 Å². The first-order chi connectivity index (χ1) is 10.1. The molecule has 0 radical (unpaired) electrons. The summed E-state index contributed by atoms with van der Waals surface area (Å²) in [6, 6.07) is 5.72. The number of amides is 1. The number of rotatable bonds is 9. The molecule has 0 aliphatic rings. The molecule has 0 aromatic carbocycles. The molecule has 5 heteroatoms. The van der Waals surface area contributed by atoms with Gasteiger partial charge in [0.15, 0.2) is 0 Å². The van der Waals surface area contributed by atoms with Crippen LogP contribution in [0.1, 0.15) is 26.0 Å². The van der Waals surface area contributed by atoms with Gasteiger partial charge in [0.2, 0.25) is 5.91 Å². The summed E-state index contributed by atoms with van der Waals surface area (Å²) in [6.07, 6.45) is 2.55. The van der Waals surface area contributed by atoms with Crippen LogP contribution >= 0.6 is 0 Å². The Morgan fingerprint density at radius 2 is 2.19 bits per heavy atom. The van der Waals surface area contributed by atoms with Gasteiger partial charge in [0, 0.05) is 26.4 Å². The molecule has 0 spiro atoms. The van der Waals surface area contributed by atoms with E-state index in [0.717, 1.165) is 12.1 Å². The number of pyridine rings is 1. The molecular formula is C16H27N3O2. The molecule has 1 unspecified atom stereocenters.